The Morgan fingerprint density at radius 3 is 2.26 bits per heavy atom. The van der Waals surface area contributed by atoms with Gasteiger partial charge in [-0.1, -0.05) is 18.2 Å². The van der Waals surface area contributed by atoms with Crippen molar-refractivity contribution in [2.75, 3.05) is 13.1 Å². The number of primary amides is 1. The molecule has 0 radical (unpaired) electrons. The molecular formula is C21H23N3O6S. The average Bonchev–Trinajstić information content (AvgIpc) is 3.31. The minimum Gasteiger partial charge on any atom is -0.481 e. The first kappa shape index (κ1) is 21.3. The second kappa shape index (κ2) is 7.05. The lowest BCUT2D eigenvalue weighted by Gasteiger charge is -2.38. The first-order valence-electron chi connectivity index (χ1n) is 10.1. The van der Waals surface area contributed by atoms with Gasteiger partial charge in [-0.2, -0.15) is 5.26 Å². The minimum atomic E-state index is -3.93. The van der Waals surface area contributed by atoms with Crippen LogP contribution in [0.15, 0.2) is 35.2 Å². The summed E-state index contributed by atoms with van der Waals surface area (Å²) in [7, 11) is -3.93. The predicted molar refractivity (Wildman–Crippen MR) is 107 cm³/mol. The van der Waals surface area contributed by atoms with Crippen molar-refractivity contribution in [2.24, 2.45) is 28.4 Å². The largest absolute Gasteiger partial charge is 0.481 e. The fourth-order valence-corrected chi connectivity index (χ4v) is 7.16. The maximum atomic E-state index is 13.3. The van der Waals surface area contributed by atoms with E-state index in [1.54, 1.807) is 18.2 Å². The maximum absolute atomic E-state index is 13.3. The summed E-state index contributed by atoms with van der Waals surface area (Å²) >= 11 is 0. The van der Waals surface area contributed by atoms with Crippen molar-refractivity contribution in [3.05, 3.63) is 30.3 Å². The van der Waals surface area contributed by atoms with Gasteiger partial charge in [-0.15, -0.1) is 0 Å². The van der Waals surface area contributed by atoms with Gasteiger partial charge in [-0.25, -0.2) is 8.42 Å². The summed E-state index contributed by atoms with van der Waals surface area (Å²) in [6.45, 7) is 0.954. The molecule has 3 fully saturated rings. The van der Waals surface area contributed by atoms with Gasteiger partial charge in [0.05, 0.1) is 27.5 Å². The van der Waals surface area contributed by atoms with Crippen LogP contribution in [-0.4, -0.2) is 54.5 Å². The quantitative estimate of drug-likeness (QED) is 0.647. The van der Waals surface area contributed by atoms with E-state index < -0.39 is 55.5 Å². The van der Waals surface area contributed by atoms with Crippen LogP contribution in [0.4, 0.5) is 0 Å². The summed E-state index contributed by atoms with van der Waals surface area (Å²) in [5.41, 5.74) is 1.88. The molecule has 5 atom stereocenters. The van der Waals surface area contributed by atoms with Gasteiger partial charge in [-0.3, -0.25) is 14.4 Å². The Hall–Kier alpha value is -2.93. The highest BCUT2D eigenvalue weighted by molar-refractivity contribution is 7.92. The number of sulfone groups is 1. The molecule has 10 heteroatoms. The molecule has 2 unspecified atom stereocenters. The molecule has 2 saturated carbocycles. The lowest BCUT2D eigenvalue weighted by molar-refractivity contribution is -0.161. The van der Waals surface area contributed by atoms with E-state index in [9.17, 15) is 33.2 Å². The molecule has 1 aliphatic heterocycles. The zero-order chi connectivity index (χ0) is 22.6. The highest BCUT2D eigenvalue weighted by Crippen LogP contribution is 2.68. The number of hydrogen-bond donors (Lipinski definition) is 2. The molecule has 1 heterocycles. The maximum Gasteiger partial charge on any atom is 0.310 e. The third-order valence-electron chi connectivity index (χ3n) is 7.28. The van der Waals surface area contributed by atoms with Gasteiger partial charge in [0.2, 0.25) is 11.8 Å². The molecule has 2 amide bonds. The number of amides is 2. The van der Waals surface area contributed by atoms with E-state index in [-0.39, 0.29) is 24.2 Å². The van der Waals surface area contributed by atoms with E-state index in [2.05, 4.69) is 0 Å². The highest BCUT2D eigenvalue weighted by Gasteiger charge is 2.76. The number of carbonyl (C=O) groups excluding carboxylic acids is 2. The van der Waals surface area contributed by atoms with E-state index in [4.69, 9.17) is 5.73 Å². The van der Waals surface area contributed by atoms with Crippen LogP contribution in [-0.2, 0) is 24.2 Å². The number of benzene rings is 1. The SMILES string of the molecule is N#CC1(C(N)=O)CC1[C@]1(C(=O)O)C[C@H](S(=O)(=O)c2ccccc2)C[C@H]1C(=O)N1CCC1. The van der Waals surface area contributed by atoms with E-state index in [0.29, 0.717) is 13.1 Å². The Balaban J connectivity index is 1.80. The van der Waals surface area contributed by atoms with Crippen LogP contribution in [0.3, 0.4) is 0 Å². The lowest BCUT2D eigenvalue weighted by atomic mass is 9.70. The highest BCUT2D eigenvalue weighted by atomic mass is 32.2. The molecule has 1 aromatic rings. The third-order valence-corrected chi connectivity index (χ3v) is 9.45. The average molecular weight is 445 g/mol. The van der Waals surface area contributed by atoms with Gasteiger partial charge in [0.1, 0.15) is 5.41 Å². The molecular weight excluding hydrogens is 422 g/mol. The van der Waals surface area contributed by atoms with E-state index >= 15 is 0 Å². The first-order valence-corrected chi connectivity index (χ1v) is 11.7. The Labute approximate surface area is 179 Å². The number of nitriles is 1. The third kappa shape index (κ3) is 2.94. The lowest BCUT2D eigenvalue weighted by Crippen LogP contribution is -2.52. The van der Waals surface area contributed by atoms with E-state index in [1.807, 2.05) is 6.07 Å². The van der Waals surface area contributed by atoms with Crippen molar-refractivity contribution in [1.29, 1.82) is 5.26 Å². The molecule has 1 saturated heterocycles. The number of nitrogens with zero attached hydrogens (tertiary/aromatic N) is 2. The molecule has 1 aromatic carbocycles. The summed E-state index contributed by atoms with van der Waals surface area (Å²) in [6, 6.07) is 9.53. The number of carboxylic acids is 1. The number of likely N-dealkylation sites (tertiary alicyclic amines) is 1. The molecule has 2 aliphatic carbocycles. The molecule has 4 rings (SSSR count). The molecule has 0 aromatic heterocycles. The number of carbonyl (C=O) groups is 3. The second-order valence-corrected chi connectivity index (χ2v) is 10.9. The van der Waals surface area contributed by atoms with Gasteiger partial charge in [0.15, 0.2) is 9.84 Å². The molecule has 3 aliphatic rings. The zero-order valence-corrected chi connectivity index (χ0v) is 17.5. The molecule has 0 bridgehead atoms. The molecule has 3 N–H and O–H groups in total. The van der Waals surface area contributed by atoms with Crippen molar-refractivity contribution in [1.82, 2.24) is 4.90 Å². The standard InChI is InChI=1S/C21H23N3O6S/c22-12-20(18(23)26)11-16(20)21(19(27)28)10-14(9-15(21)17(25)24-7-4-8-24)31(29,30)13-5-2-1-3-6-13/h1-3,5-6,14-16H,4,7-11H2,(H2,23,26)(H,27,28)/t14-,15+,16?,20?,21+/m1/s1. The molecule has 0 spiro atoms. The van der Waals surface area contributed by atoms with Crippen LogP contribution in [0.2, 0.25) is 0 Å². The van der Waals surface area contributed by atoms with Crippen molar-refractivity contribution >= 4 is 27.6 Å². The monoisotopic (exact) mass is 445 g/mol. The van der Waals surface area contributed by atoms with Crippen LogP contribution in [0.1, 0.15) is 25.7 Å². The van der Waals surface area contributed by atoms with Gasteiger partial charge in [0, 0.05) is 19.0 Å². The first-order chi connectivity index (χ1) is 14.6. The number of aliphatic carboxylic acids is 1. The normalized spacial score (nSPS) is 34.4. The van der Waals surface area contributed by atoms with Crippen molar-refractivity contribution in [3.8, 4) is 6.07 Å². The second-order valence-electron chi connectivity index (χ2n) is 8.70. The summed E-state index contributed by atoms with van der Waals surface area (Å²) in [6.07, 6.45) is 0.185. The fraction of sp³-hybridized carbons (Fsp3) is 0.524. The van der Waals surface area contributed by atoms with Crippen LogP contribution in [0, 0.1) is 34.0 Å². The number of carboxylic acid groups (broad SMARTS) is 1. The summed E-state index contributed by atoms with van der Waals surface area (Å²) in [5.74, 6) is -4.88. The summed E-state index contributed by atoms with van der Waals surface area (Å²) < 4.78 is 26.6. The van der Waals surface area contributed by atoms with Crippen LogP contribution < -0.4 is 5.73 Å². The fourth-order valence-electron chi connectivity index (χ4n) is 5.30. The number of nitrogens with two attached hydrogens (primary N) is 1. The van der Waals surface area contributed by atoms with Crippen molar-refractivity contribution in [3.63, 3.8) is 0 Å². The van der Waals surface area contributed by atoms with Crippen LogP contribution >= 0.6 is 0 Å². The van der Waals surface area contributed by atoms with E-state index in [1.165, 1.54) is 17.0 Å². The minimum absolute atomic E-state index is 0.0496. The van der Waals surface area contributed by atoms with Gasteiger partial charge in [-0.05, 0) is 37.8 Å². The predicted octanol–water partition coefficient (Wildman–Crippen LogP) is 0.557. The number of rotatable bonds is 6. The van der Waals surface area contributed by atoms with Crippen molar-refractivity contribution in [2.45, 2.75) is 35.8 Å². The van der Waals surface area contributed by atoms with E-state index in [0.717, 1.165) is 6.42 Å². The van der Waals surface area contributed by atoms with Gasteiger partial charge >= 0.3 is 5.97 Å². The Kier molecular flexibility index (Phi) is 4.85. The van der Waals surface area contributed by atoms with Crippen molar-refractivity contribution < 1.29 is 27.9 Å². The summed E-state index contributed by atoms with van der Waals surface area (Å²) in [4.78, 5) is 39.5. The Morgan fingerprint density at radius 2 is 1.81 bits per heavy atom. The molecule has 31 heavy (non-hydrogen) atoms. The summed E-state index contributed by atoms with van der Waals surface area (Å²) in [5, 5.41) is 18.8. The smallest absolute Gasteiger partial charge is 0.310 e. The Morgan fingerprint density at radius 1 is 1.16 bits per heavy atom. The Bertz CT molecular complexity index is 1090. The molecule has 9 nitrogen and oxygen atoms in total. The van der Waals surface area contributed by atoms with Crippen LogP contribution in [0.25, 0.3) is 0 Å². The van der Waals surface area contributed by atoms with Gasteiger partial charge in [0.25, 0.3) is 0 Å². The molecule has 164 valence electrons. The van der Waals surface area contributed by atoms with Gasteiger partial charge < -0.3 is 15.7 Å². The number of hydrogen-bond acceptors (Lipinski definition) is 6. The topological polar surface area (TPSA) is 159 Å². The van der Waals surface area contributed by atoms with Crippen LogP contribution in [0.5, 0.6) is 0 Å². The zero-order valence-electron chi connectivity index (χ0n) is 16.7.